The second-order valence-corrected chi connectivity index (χ2v) is 6.88. The first kappa shape index (κ1) is 17.9. The molecule has 0 saturated carbocycles. The van der Waals surface area contributed by atoms with E-state index in [1.54, 1.807) is 0 Å². The van der Waals surface area contributed by atoms with Gasteiger partial charge in [0.2, 0.25) is 17.8 Å². The van der Waals surface area contributed by atoms with E-state index in [0.29, 0.717) is 28.6 Å². The third-order valence-corrected chi connectivity index (χ3v) is 4.57. The highest BCUT2D eigenvalue weighted by Crippen LogP contribution is 2.25. The number of anilines is 3. The molecule has 8 nitrogen and oxygen atoms in total. The highest BCUT2D eigenvalue weighted by molar-refractivity contribution is 7.98. The Morgan fingerprint density at radius 3 is 2.54 bits per heavy atom. The van der Waals surface area contributed by atoms with Gasteiger partial charge in [0.25, 0.3) is 5.22 Å². The summed E-state index contributed by atoms with van der Waals surface area (Å²) in [7, 11) is 0. The molecule has 0 aliphatic heterocycles. The minimum absolute atomic E-state index is 0.148. The Kier molecular flexibility index (Phi) is 5.16. The summed E-state index contributed by atoms with van der Waals surface area (Å²) in [6.45, 7) is 2.03. The largest absolute Gasteiger partial charge is 0.411 e. The Morgan fingerprint density at radius 2 is 1.75 bits per heavy atom. The maximum atomic E-state index is 5.81. The molecule has 0 aliphatic rings. The predicted molar refractivity (Wildman–Crippen MR) is 108 cm³/mol. The van der Waals surface area contributed by atoms with Crippen LogP contribution >= 0.6 is 11.8 Å². The molecule has 3 N–H and O–H groups in total. The van der Waals surface area contributed by atoms with Crippen molar-refractivity contribution in [2.24, 2.45) is 0 Å². The Morgan fingerprint density at radius 1 is 0.964 bits per heavy atom. The van der Waals surface area contributed by atoms with Crippen molar-refractivity contribution in [3.05, 3.63) is 66.0 Å². The molecule has 0 radical (unpaired) electrons. The number of aromatic nitrogens is 5. The number of para-hydroxylation sites is 1. The molecule has 0 unspecified atom stereocenters. The molecule has 28 heavy (non-hydrogen) atoms. The minimum Gasteiger partial charge on any atom is -0.411 e. The highest BCUT2D eigenvalue weighted by Gasteiger charge is 2.11. The molecule has 4 aromatic rings. The van der Waals surface area contributed by atoms with Crippen LogP contribution in [0.3, 0.4) is 0 Å². The predicted octanol–water partition coefficient (Wildman–Crippen LogP) is 3.85. The number of thioether (sulfide) groups is 1. The number of nitrogens with zero attached hydrogens (tertiary/aromatic N) is 5. The summed E-state index contributed by atoms with van der Waals surface area (Å²) in [4.78, 5) is 12.7. The molecule has 0 atom stereocenters. The molecule has 2 aromatic heterocycles. The molecule has 0 fully saturated rings. The van der Waals surface area contributed by atoms with Crippen LogP contribution in [0.2, 0.25) is 0 Å². The number of rotatable bonds is 6. The van der Waals surface area contributed by atoms with Gasteiger partial charge in [0.15, 0.2) is 0 Å². The first-order valence-corrected chi connectivity index (χ1v) is 9.50. The van der Waals surface area contributed by atoms with Crippen LogP contribution in [0.5, 0.6) is 0 Å². The second kappa shape index (κ2) is 8.05. The molecule has 9 heteroatoms. The molecular formula is C19H17N7OS. The van der Waals surface area contributed by atoms with Crippen LogP contribution in [0.1, 0.15) is 11.4 Å². The molecule has 0 saturated heterocycles. The lowest BCUT2D eigenvalue weighted by atomic mass is 10.1. The second-order valence-electron chi connectivity index (χ2n) is 5.95. The van der Waals surface area contributed by atoms with Gasteiger partial charge in [0.05, 0.1) is 5.75 Å². The van der Waals surface area contributed by atoms with Crippen molar-refractivity contribution < 1.29 is 4.42 Å². The summed E-state index contributed by atoms with van der Waals surface area (Å²) in [5, 5.41) is 11.7. The summed E-state index contributed by atoms with van der Waals surface area (Å²) in [6, 6.07) is 17.5. The fourth-order valence-electron chi connectivity index (χ4n) is 2.42. The lowest BCUT2D eigenvalue weighted by molar-refractivity contribution is 0.465. The number of benzene rings is 2. The van der Waals surface area contributed by atoms with Gasteiger partial charge < -0.3 is 15.5 Å². The van der Waals surface area contributed by atoms with Crippen LogP contribution in [0.4, 0.5) is 17.6 Å². The van der Waals surface area contributed by atoms with Gasteiger partial charge in [-0.15, -0.1) is 10.2 Å². The van der Waals surface area contributed by atoms with Gasteiger partial charge in [0.1, 0.15) is 5.82 Å². The maximum absolute atomic E-state index is 5.81. The van der Waals surface area contributed by atoms with Crippen LogP contribution in [0, 0.1) is 6.92 Å². The standard InChI is InChI=1S/C19H17N7OS/c1-12-7-9-13(10-8-12)16-25-26-19(27-16)28-11-15-22-17(20)24-18(23-15)21-14-5-3-2-4-6-14/h2-10H,11H2,1H3,(H3,20,21,22,23,24). The van der Waals surface area contributed by atoms with E-state index in [0.717, 1.165) is 11.3 Å². The fraction of sp³-hybridized carbons (Fsp3) is 0.105. The van der Waals surface area contributed by atoms with E-state index in [9.17, 15) is 0 Å². The number of aryl methyl sites for hydroxylation is 1. The van der Waals surface area contributed by atoms with Gasteiger partial charge in [-0.05, 0) is 31.2 Å². The van der Waals surface area contributed by atoms with Crippen LogP contribution in [-0.4, -0.2) is 25.1 Å². The Hall–Kier alpha value is -3.46. The summed E-state index contributed by atoms with van der Waals surface area (Å²) in [5.41, 5.74) is 8.73. The van der Waals surface area contributed by atoms with E-state index in [1.807, 2.05) is 61.5 Å². The molecule has 2 aromatic carbocycles. The van der Waals surface area contributed by atoms with Gasteiger partial charge in [-0.3, -0.25) is 0 Å². The monoisotopic (exact) mass is 391 g/mol. The Balaban J connectivity index is 1.44. The first-order chi connectivity index (χ1) is 13.7. The average molecular weight is 391 g/mol. The molecule has 4 rings (SSSR count). The third kappa shape index (κ3) is 4.44. The van der Waals surface area contributed by atoms with Crippen molar-refractivity contribution in [1.82, 2.24) is 25.1 Å². The van der Waals surface area contributed by atoms with Gasteiger partial charge in [-0.25, -0.2) is 0 Å². The van der Waals surface area contributed by atoms with E-state index in [1.165, 1.54) is 17.3 Å². The van der Waals surface area contributed by atoms with Crippen molar-refractivity contribution in [3.63, 3.8) is 0 Å². The minimum atomic E-state index is 0.148. The van der Waals surface area contributed by atoms with Crippen molar-refractivity contribution >= 4 is 29.3 Å². The Bertz CT molecular complexity index is 1070. The normalized spacial score (nSPS) is 10.8. The highest BCUT2D eigenvalue weighted by atomic mass is 32.2. The fourth-order valence-corrected chi connectivity index (χ4v) is 3.03. The lowest BCUT2D eigenvalue weighted by Gasteiger charge is -2.06. The van der Waals surface area contributed by atoms with Crippen LogP contribution < -0.4 is 11.1 Å². The smallest absolute Gasteiger partial charge is 0.277 e. The zero-order chi connectivity index (χ0) is 19.3. The third-order valence-electron chi connectivity index (χ3n) is 3.76. The van der Waals surface area contributed by atoms with E-state index in [-0.39, 0.29) is 5.95 Å². The average Bonchev–Trinajstić information content (AvgIpc) is 3.16. The van der Waals surface area contributed by atoms with E-state index >= 15 is 0 Å². The maximum Gasteiger partial charge on any atom is 0.277 e. The molecule has 0 spiro atoms. The number of hydrogen-bond donors (Lipinski definition) is 2. The summed E-state index contributed by atoms with van der Waals surface area (Å²) >= 11 is 1.34. The van der Waals surface area contributed by atoms with Crippen molar-refractivity contribution in [1.29, 1.82) is 0 Å². The molecular weight excluding hydrogens is 374 g/mol. The van der Waals surface area contributed by atoms with Crippen LogP contribution in [-0.2, 0) is 5.75 Å². The Labute approximate surface area is 165 Å². The van der Waals surface area contributed by atoms with E-state index < -0.39 is 0 Å². The molecule has 0 bridgehead atoms. The number of hydrogen-bond acceptors (Lipinski definition) is 9. The molecule has 140 valence electrons. The van der Waals surface area contributed by atoms with Crippen molar-refractivity contribution in [2.75, 3.05) is 11.1 Å². The zero-order valence-corrected chi connectivity index (χ0v) is 15.8. The van der Waals surface area contributed by atoms with E-state index in [2.05, 4.69) is 30.5 Å². The van der Waals surface area contributed by atoms with Gasteiger partial charge in [-0.1, -0.05) is 47.7 Å². The van der Waals surface area contributed by atoms with Gasteiger partial charge in [0, 0.05) is 11.3 Å². The topological polar surface area (TPSA) is 116 Å². The number of nitrogens with one attached hydrogen (secondary N) is 1. The number of nitrogen functional groups attached to an aromatic ring is 1. The first-order valence-electron chi connectivity index (χ1n) is 8.51. The molecule has 0 aliphatic carbocycles. The number of nitrogens with two attached hydrogens (primary N) is 1. The molecule has 2 heterocycles. The van der Waals surface area contributed by atoms with Crippen molar-refractivity contribution in [2.45, 2.75) is 17.9 Å². The van der Waals surface area contributed by atoms with Crippen molar-refractivity contribution in [3.8, 4) is 11.5 Å². The summed E-state index contributed by atoms with van der Waals surface area (Å²) < 4.78 is 5.71. The summed E-state index contributed by atoms with van der Waals surface area (Å²) in [6.07, 6.45) is 0. The quantitative estimate of drug-likeness (QED) is 0.473. The van der Waals surface area contributed by atoms with Crippen LogP contribution in [0.15, 0.2) is 64.2 Å². The van der Waals surface area contributed by atoms with Gasteiger partial charge >= 0.3 is 0 Å². The SMILES string of the molecule is Cc1ccc(-c2nnc(SCc3nc(N)nc(Nc4ccccc4)n3)o2)cc1. The van der Waals surface area contributed by atoms with E-state index in [4.69, 9.17) is 10.2 Å². The zero-order valence-electron chi connectivity index (χ0n) is 15.0. The van der Waals surface area contributed by atoms with Gasteiger partial charge in [-0.2, -0.15) is 15.0 Å². The lowest BCUT2D eigenvalue weighted by Crippen LogP contribution is -2.06. The molecule has 0 amide bonds. The van der Waals surface area contributed by atoms with Crippen LogP contribution in [0.25, 0.3) is 11.5 Å². The summed E-state index contributed by atoms with van der Waals surface area (Å²) in [5.74, 6) is 1.95.